The lowest BCUT2D eigenvalue weighted by atomic mass is 9.85. The summed E-state index contributed by atoms with van der Waals surface area (Å²) in [5.74, 6) is 0.895. The van der Waals surface area contributed by atoms with Crippen molar-refractivity contribution in [3.63, 3.8) is 0 Å². The zero-order chi connectivity index (χ0) is 20.0. The molecule has 0 radical (unpaired) electrons. The van der Waals surface area contributed by atoms with Crippen LogP contribution < -0.4 is 15.5 Å². The minimum absolute atomic E-state index is 0.250. The van der Waals surface area contributed by atoms with Crippen molar-refractivity contribution in [3.05, 3.63) is 53.2 Å². The normalized spacial score (nSPS) is 14.6. The number of pyridine rings is 1. The minimum atomic E-state index is -0.449. The van der Waals surface area contributed by atoms with Crippen LogP contribution in [0.15, 0.2) is 42.6 Å². The van der Waals surface area contributed by atoms with E-state index in [1.54, 1.807) is 6.20 Å². The Kier molecular flexibility index (Phi) is 6.75. The van der Waals surface area contributed by atoms with Crippen LogP contribution in [0.1, 0.15) is 32.3 Å². The first-order valence-electron chi connectivity index (χ1n) is 9.70. The molecule has 0 atom stereocenters. The molecule has 2 N–H and O–H groups in total. The number of rotatable bonds is 6. The van der Waals surface area contributed by atoms with E-state index in [9.17, 15) is 4.79 Å². The van der Waals surface area contributed by atoms with Gasteiger partial charge in [0.2, 0.25) is 0 Å². The second-order valence-electron chi connectivity index (χ2n) is 6.88. The number of ether oxygens (including phenoxy) is 1. The molecule has 2 amide bonds. The van der Waals surface area contributed by atoms with Crippen LogP contribution in [0.25, 0.3) is 0 Å². The molecule has 0 bridgehead atoms. The molecule has 0 aliphatic carbocycles. The first-order valence-corrected chi connectivity index (χ1v) is 10.1. The highest BCUT2D eigenvalue weighted by Gasteiger charge is 2.30. The molecule has 1 aliphatic heterocycles. The fourth-order valence-electron chi connectivity index (χ4n) is 3.50. The zero-order valence-corrected chi connectivity index (χ0v) is 17.1. The van der Waals surface area contributed by atoms with E-state index in [2.05, 4.69) is 34.4 Å². The summed E-state index contributed by atoms with van der Waals surface area (Å²) in [6.45, 7) is 7.22. The smallest absolute Gasteiger partial charge is 0.319 e. The Morgan fingerprint density at radius 2 is 1.82 bits per heavy atom. The Balaban J connectivity index is 1.66. The lowest BCUT2D eigenvalue weighted by Gasteiger charge is -2.33. The number of aromatic nitrogens is 1. The summed E-state index contributed by atoms with van der Waals surface area (Å²) in [5, 5.41) is 6.72. The van der Waals surface area contributed by atoms with Gasteiger partial charge in [0.1, 0.15) is 5.82 Å². The van der Waals surface area contributed by atoms with Crippen molar-refractivity contribution in [3.8, 4) is 0 Å². The Morgan fingerprint density at radius 1 is 1.14 bits per heavy atom. The standard InChI is InChI=1S/C21H27ClN4O2/c1-3-21(4-2,16-5-7-17(22)8-6-16)25-20(27)24-18-9-10-19(23-15-18)26-11-13-28-14-12-26/h5-10,15H,3-4,11-14H2,1-2H3,(H2,24,25,27). The lowest BCUT2D eigenvalue weighted by Crippen LogP contribution is -2.47. The summed E-state index contributed by atoms with van der Waals surface area (Å²) in [6.07, 6.45) is 3.23. The number of nitrogens with one attached hydrogen (secondary N) is 2. The van der Waals surface area contributed by atoms with Crippen LogP contribution in [-0.2, 0) is 10.3 Å². The van der Waals surface area contributed by atoms with Crippen LogP contribution in [0.2, 0.25) is 5.02 Å². The molecule has 1 fully saturated rings. The topological polar surface area (TPSA) is 66.5 Å². The Labute approximate surface area is 171 Å². The Morgan fingerprint density at radius 3 is 2.39 bits per heavy atom. The number of morpholine rings is 1. The molecule has 3 rings (SSSR count). The molecule has 6 nitrogen and oxygen atoms in total. The van der Waals surface area contributed by atoms with Crippen LogP contribution in [0.4, 0.5) is 16.3 Å². The van der Waals surface area contributed by atoms with Crippen LogP contribution in [0.3, 0.4) is 0 Å². The predicted molar refractivity (Wildman–Crippen MR) is 113 cm³/mol. The number of hydrogen-bond donors (Lipinski definition) is 2. The molecule has 1 saturated heterocycles. The Bertz CT molecular complexity index is 770. The number of benzene rings is 1. The summed E-state index contributed by atoms with van der Waals surface area (Å²) < 4.78 is 5.37. The monoisotopic (exact) mass is 402 g/mol. The minimum Gasteiger partial charge on any atom is -0.378 e. The number of carbonyl (C=O) groups is 1. The molecule has 1 aromatic heterocycles. The molecule has 28 heavy (non-hydrogen) atoms. The van der Waals surface area contributed by atoms with Crippen LogP contribution >= 0.6 is 11.6 Å². The Hall–Kier alpha value is -2.31. The number of nitrogens with zero attached hydrogens (tertiary/aromatic N) is 2. The van der Waals surface area contributed by atoms with Gasteiger partial charge in [-0.1, -0.05) is 37.6 Å². The van der Waals surface area contributed by atoms with E-state index in [1.807, 2.05) is 36.4 Å². The van der Waals surface area contributed by atoms with Gasteiger partial charge in [-0.05, 0) is 42.7 Å². The third kappa shape index (κ3) is 4.75. The van der Waals surface area contributed by atoms with Crippen molar-refractivity contribution in [2.75, 3.05) is 36.5 Å². The highest BCUT2D eigenvalue weighted by molar-refractivity contribution is 6.30. The summed E-state index contributed by atoms with van der Waals surface area (Å²) in [4.78, 5) is 19.3. The molecular formula is C21H27ClN4O2. The summed E-state index contributed by atoms with van der Waals surface area (Å²) in [5.41, 5.74) is 1.25. The van der Waals surface area contributed by atoms with Gasteiger partial charge in [-0.15, -0.1) is 0 Å². The molecule has 2 aromatic rings. The van der Waals surface area contributed by atoms with Gasteiger partial charge in [0.25, 0.3) is 0 Å². The maximum atomic E-state index is 12.7. The van der Waals surface area contributed by atoms with Gasteiger partial charge >= 0.3 is 6.03 Å². The number of anilines is 2. The van der Waals surface area contributed by atoms with E-state index in [-0.39, 0.29) is 6.03 Å². The second-order valence-corrected chi connectivity index (χ2v) is 7.32. The van der Waals surface area contributed by atoms with Gasteiger partial charge in [0, 0.05) is 18.1 Å². The van der Waals surface area contributed by atoms with Crippen LogP contribution in [-0.4, -0.2) is 37.3 Å². The van der Waals surface area contributed by atoms with E-state index >= 15 is 0 Å². The molecule has 0 saturated carbocycles. The average molecular weight is 403 g/mol. The molecule has 7 heteroatoms. The fourth-order valence-corrected chi connectivity index (χ4v) is 3.62. The van der Waals surface area contributed by atoms with Crippen molar-refractivity contribution in [2.24, 2.45) is 0 Å². The van der Waals surface area contributed by atoms with Gasteiger partial charge < -0.3 is 20.3 Å². The number of halogens is 1. The molecule has 0 spiro atoms. The van der Waals surface area contributed by atoms with Crippen molar-refractivity contribution in [1.29, 1.82) is 0 Å². The molecule has 1 aromatic carbocycles. The fraction of sp³-hybridized carbons (Fsp3) is 0.429. The predicted octanol–water partition coefficient (Wildman–Crippen LogP) is 4.41. The van der Waals surface area contributed by atoms with E-state index in [4.69, 9.17) is 16.3 Å². The molecule has 0 unspecified atom stereocenters. The third-order valence-corrected chi connectivity index (χ3v) is 5.55. The maximum Gasteiger partial charge on any atom is 0.319 e. The van der Waals surface area contributed by atoms with Gasteiger partial charge in [0.15, 0.2) is 0 Å². The highest BCUT2D eigenvalue weighted by Crippen LogP contribution is 2.30. The summed E-state index contributed by atoms with van der Waals surface area (Å²) in [7, 11) is 0. The largest absolute Gasteiger partial charge is 0.378 e. The maximum absolute atomic E-state index is 12.7. The van der Waals surface area contributed by atoms with E-state index in [0.29, 0.717) is 23.9 Å². The SMILES string of the molecule is CCC(CC)(NC(=O)Nc1ccc(N2CCOCC2)nc1)c1ccc(Cl)cc1. The van der Waals surface area contributed by atoms with Gasteiger partial charge in [-0.25, -0.2) is 9.78 Å². The molecular weight excluding hydrogens is 376 g/mol. The summed E-state index contributed by atoms with van der Waals surface area (Å²) in [6, 6.07) is 11.2. The van der Waals surface area contributed by atoms with Crippen molar-refractivity contribution < 1.29 is 9.53 Å². The van der Waals surface area contributed by atoms with Crippen LogP contribution in [0.5, 0.6) is 0 Å². The molecule has 150 valence electrons. The first-order chi connectivity index (χ1) is 13.6. The van der Waals surface area contributed by atoms with Gasteiger partial charge in [0.05, 0.1) is 30.6 Å². The van der Waals surface area contributed by atoms with E-state index < -0.39 is 5.54 Å². The van der Waals surface area contributed by atoms with E-state index in [1.165, 1.54) is 0 Å². The van der Waals surface area contributed by atoms with Crippen molar-refractivity contribution in [2.45, 2.75) is 32.2 Å². The lowest BCUT2D eigenvalue weighted by molar-refractivity contribution is 0.122. The zero-order valence-electron chi connectivity index (χ0n) is 16.4. The van der Waals surface area contributed by atoms with E-state index in [0.717, 1.165) is 37.3 Å². The van der Waals surface area contributed by atoms with Crippen LogP contribution in [0, 0.1) is 0 Å². The van der Waals surface area contributed by atoms with Crippen molar-refractivity contribution in [1.82, 2.24) is 10.3 Å². The second kappa shape index (κ2) is 9.26. The third-order valence-electron chi connectivity index (χ3n) is 5.30. The van der Waals surface area contributed by atoms with Gasteiger partial charge in [-0.3, -0.25) is 0 Å². The van der Waals surface area contributed by atoms with Crippen molar-refractivity contribution >= 4 is 29.1 Å². The number of hydrogen-bond acceptors (Lipinski definition) is 4. The van der Waals surface area contributed by atoms with Gasteiger partial charge in [-0.2, -0.15) is 0 Å². The number of carbonyl (C=O) groups excluding carboxylic acids is 1. The average Bonchev–Trinajstić information content (AvgIpc) is 2.74. The number of amides is 2. The highest BCUT2D eigenvalue weighted by atomic mass is 35.5. The summed E-state index contributed by atoms with van der Waals surface area (Å²) >= 11 is 6.01. The number of urea groups is 1. The quantitative estimate of drug-likeness (QED) is 0.751. The molecule has 1 aliphatic rings. The first kappa shape index (κ1) is 20.4. The molecule has 2 heterocycles.